The first kappa shape index (κ1) is 18.1. The molecule has 2 heterocycles. The molecule has 20 heavy (non-hydrogen) atoms. The summed E-state index contributed by atoms with van der Waals surface area (Å²) < 4.78 is 5.66. The number of rotatable bonds is 5. The molecule has 0 aromatic rings. The van der Waals surface area contributed by atoms with Gasteiger partial charge < -0.3 is 15.4 Å². The maximum absolute atomic E-state index is 11.9. The molecule has 0 aromatic carbocycles. The first-order valence-electron chi connectivity index (χ1n) is 7.45. The summed E-state index contributed by atoms with van der Waals surface area (Å²) in [4.78, 5) is 11.9. The standard InChI is InChI=1S/C14H26N2O2S.ClH/c1-11-5-6-15-8-13(11)16-14(17)10-19-9-12-4-2-3-7-18-12;/h11-13,15H,2-10H2,1H3,(H,16,17);1H. The van der Waals surface area contributed by atoms with Gasteiger partial charge in [0.15, 0.2) is 0 Å². The minimum Gasteiger partial charge on any atom is -0.377 e. The van der Waals surface area contributed by atoms with E-state index >= 15 is 0 Å². The highest BCUT2D eigenvalue weighted by molar-refractivity contribution is 7.99. The van der Waals surface area contributed by atoms with E-state index in [1.807, 2.05) is 0 Å². The van der Waals surface area contributed by atoms with Crippen molar-refractivity contribution < 1.29 is 9.53 Å². The molecule has 3 unspecified atom stereocenters. The van der Waals surface area contributed by atoms with Gasteiger partial charge in [0.1, 0.15) is 0 Å². The van der Waals surface area contributed by atoms with Crippen molar-refractivity contribution in [3.63, 3.8) is 0 Å². The molecule has 2 fully saturated rings. The lowest BCUT2D eigenvalue weighted by Crippen LogP contribution is -2.50. The lowest BCUT2D eigenvalue weighted by Gasteiger charge is -2.30. The van der Waals surface area contributed by atoms with E-state index in [-0.39, 0.29) is 18.3 Å². The Morgan fingerprint density at radius 1 is 1.40 bits per heavy atom. The topological polar surface area (TPSA) is 50.4 Å². The Morgan fingerprint density at radius 3 is 2.95 bits per heavy atom. The highest BCUT2D eigenvalue weighted by atomic mass is 35.5. The van der Waals surface area contributed by atoms with Gasteiger partial charge in [0.2, 0.25) is 5.91 Å². The highest BCUT2D eigenvalue weighted by Gasteiger charge is 2.22. The number of carbonyl (C=O) groups excluding carboxylic acids is 1. The molecule has 0 saturated carbocycles. The minimum atomic E-state index is 0. The monoisotopic (exact) mass is 322 g/mol. The van der Waals surface area contributed by atoms with Crippen molar-refractivity contribution in [2.75, 3.05) is 31.2 Å². The Bertz CT molecular complexity index is 288. The number of carbonyl (C=O) groups is 1. The average molecular weight is 323 g/mol. The zero-order valence-electron chi connectivity index (χ0n) is 12.2. The van der Waals surface area contributed by atoms with Crippen LogP contribution in [0.1, 0.15) is 32.6 Å². The number of nitrogens with one attached hydrogen (secondary N) is 2. The third kappa shape index (κ3) is 6.20. The average Bonchev–Trinajstić information content (AvgIpc) is 2.43. The van der Waals surface area contributed by atoms with Crippen LogP contribution in [0, 0.1) is 5.92 Å². The van der Waals surface area contributed by atoms with E-state index in [4.69, 9.17) is 4.74 Å². The lowest BCUT2D eigenvalue weighted by atomic mass is 9.95. The second kappa shape index (κ2) is 9.87. The predicted octanol–water partition coefficient (Wildman–Crippen LogP) is 1.82. The number of halogens is 1. The van der Waals surface area contributed by atoms with Crippen LogP contribution in [0.2, 0.25) is 0 Å². The van der Waals surface area contributed by atoms with Gasteiger partial charge in [-0.05, 0) is 38.1 Å². The zero-order valence-corrected chi connectivity index (χ0v) is 13.9. The van der Waals surface area contributed by atoms with Crippen molar-refractivity contribution >= 4 is 30.1 Å². The van der Waals surface area contributed by atoms with Crippen LogP contribution in [0.25, 0.3) is 0 Å². The molecule has 2 aliphatic rings. The van der Waals surface area contributed by atoms with Gasteiger partial charge in [0.25, 0.3) is 0 Å². The van der Waals surface area contributed by atoms with E-state index in [1.165, 1.54) is 12.8 Å². The molecule has 6 heteroatoms. The Labute approximate surface area is 132 Å². The third-order valence-corrected chi connectivity index (χ3v) is 5.06. The van der Waals surface area contributed by atoms with Gasteiger partial charge in [0.05, 0.1) is 11.9 Å². The van der Waals surface area contributed by atoms with Crippen molar-refractivity contribution in [2.24, 2.45) is 5.92 Å². The molecule has 0 radical (unpaired) electrons. The van der Waals surface area contributed by atoms with E-state index in [2.05, 4.69) is 17.6 Å². The van der Waals surface area contributed by atoms with Gasteiger partial charge in [-0.1, -0.05) is 6.92 Å². The smallest absolute Gasteiger partial charge is 0.230 e. The molecule has 2 N–H and O–H groups in total. The molecule has 0 spiro atoms. The maximum atomic E-state index is 11.9. The molecule has 2 saturated heterocycles. The molecule has 4 nitrogen and oxygen atoms in total. The molecule has 3 atom stereocenters. The fraction of sp³-hybridized carbons (Fsp3) is 0.929. The fourth-order valence-electron chi connectivity index (χ4n) is 2.65. The quantitative estimate of drug-likeness (QED) is 0.811. The van der Waals surface area contributed by atoms with Crippen molar-refractivity contribution in [3.05, 3.63) is 0 Å². The van der Waals surface area contributed by atoms with Crippen molar-refractivity contribution in [3.8, 4) is 0 Å². The normalized spacial score (nSPS) is 30.4. The maximum Gasteiger partial charge on any atom is 0.230 e. The van der Waals surface area contributed by atoms with E-state index in [0.717, 1.165) is 38.3 Å². The third-order valence-electron chi connectivity index (χ3n) is 3.98. The van der Waals surface area contributed by atoms with Crippen LogP contribution in [-0.4, -0.2) is 49.3 Å². The molecular weight excluding hydrogens is 296 g/mol. The first-order valence-corrected chi connectivity index (χ1v) is 8.60. The number of hydrogen-bond acceptors (Lipinski definition) is 4. The minimum absolute atomic E-state index is 0. The van der Waals surface area contributed by atoms with Crippen LogP contribution in [-0.2, 0) is 9.53 Å². The molecule has 0 aromatic heterocycles. The second-order valence-corrected chi connectivity index (χ2v) is 6.68. The summed E-state index contributed by atoms with van der Waals surface area (Å²) >= 11 is 1.70. The molecule has 118 valence electrons. The molecule has 0 bridgehead atoms. The first-order chi connectivity index (χ1) is 9.25. The SMILES string of the molecule is CC1CCNCC1NC(=O)CSCC1CCCCO1.Cl. The summed E-state index contributed by atoms with van der Waals surface area (Å²) in [5.41, 5.74) is 0. The summed E-state index contributed by atoms with van der Waals surface area (Å²) in [5, 5.41) is 6.48. The fourth-order valence-corrected chi connectivity index (χ4v) is 3.57. The number of thioether (sulfide) groups is 1. The van der Waals surface area contributed by atoms with E-state index < -0.39 is 0 Å². The summed E-state index contributed by atoms with van der Waals surface area (Å²) in [6, 6.07) is 0.299. The second-order valence-electron chi connectivity index (χ2n) is 5.65. The largest absolute Gasteiger partial charge is 0.377 e. The van der Waals surface area contributed by atoms with Crippen LogP contribution in [0.5, 0.6) is 0 Å². The van der Waals surface area contributed by atoms with Gasteiger partial charge in [-0.3, -0.25) is 4.79 Å². The van der Waals surface area contributed by atoms with Crippen molar-refractivity contribution in [1.29, 1.82) is 0 Å². The van der Waals surface area contributed by atoms with Gasteiger partial charge in [0, 0.05) is 24.9 Å². The zero-order chi connectivity index (χ0) is 13.5. The summed E-state index contributed by atoms with van der Waals surface area (Å²) in [5.74, 6) is 2.26. The van der Waals surface area contributed by atoms with E-state index in [1.54, 1.807) is 11.8 Å². The van der Waals surface area contributed by atoms with E-state index in [9.17, 15) is 4.79 Å². The number of hydrogen-bond donors (Lipinski definition) is 2. The molecule has 0 aliphatic carbocycles. The number of piperidine rings is 1. The number of ether oxygens (including phenoxy) is 1. The highest BCUT2D eigenvalue weighted by Crippen LogP contribution is 2.17. The number of amides is 1. The summed E-state index contributed by atoms with van der Waals surface area (Å²) in [6.45, 7) is 5.09. The Balaban J connectivity index is 0.00000200. The van der Waals surface area contributed by atoms with Crippen molar-refractivity contribution in [2.45, 2.75) is 44.8 Å². The van der Waals surface area contributed by atoms with Gasteiger partial charge in [-0.15, -0.1) is 24.2 Å². The molecular formula is C14H27ClN2O2S. The Kier molecular flexibility index (Phi) is 8.93. The van der Waals surface area contributed by atoms with Gasteiger partial charge >= 0.3 is 0 Å². The molecule has 2 aliphatic heterocycles. The van der Waals surface area contributed by atoms with Crippen molar-refractivity contribution in [1.82, 2.24) is 10.6 Å². The summed E-state index contributed by atoms with van der Waals surface area (Å²) in [7, 11) is 0. The van der Waals surface area contributed by atoms with Crippen LogP contribution < -0.4 is 10.6 Å². The molecule has 2 rings (SSSR count). The van der Waals surface area contributed by atoms with Crippen LogP contribution in [0.4, 0.5) is 0 Å². The Hall–Kier alpha value is 0.0300. The van der Waals surface area contributed by atoms with Crippen LogP contribution >= 0.6 is 24.2 Å². The predicted molar refractivity (Wildman–Crippen MR) is 86.7 cm³/mol. The Morgan fingerprint density at radius 2 is 2.25 bits per heavy atom. The lowest BCUT2D eigenvalue weighted by molar-refractivity contribution is -0.119. The molecule has 1 amide bonds. The van der Waals surface area contributed by atoms with Crippen LogP contribution in [0.3, 0.4) is 0 Å². The van der Waals surface area contributed by atoms with Crippen LogP contribution in [0.15, 0.2) is 0 Å². The van der Waals surface area contributed by atoms with Gasteiger partial charge in [-0.2, -0.15) is 0 Å². The van der Waals surface area contributed by atoms with Gasteiger partial charge in [-0.25, -0.2) is 0 Å². The van der Waals surface area contributed by atoms with E-state index in [0.29, 0.717) is 23.8 Å². The summed E-state index contributed by atoms with van der Waals surface area (Å²) in [6.07, 6.45) is 5.12.